The Hall–Kier alpha value is -1.46. The number of halogens is 1. The Kier molecular flexibility index (Phi) is 4.64. The van der Waals surface area contributed by atoms with E-state index in [4.69, 9.17) is 4.74 Å². The van der Waals surface area contributed by atoms with Crippen molar-refractivity contribution in [2.24, 2.45) is 0 Å². The van der Waals surface area contributed by atoms with Gasteiger partial charge in [-0.15, -0.1) is 0 Å². The van der Waals surface area contributed by atoms with Crippen LogP contribution >= 0.6 is 0 Å². The highest BCUT2D eigenvalue weighted by molar-refractivity contribution is 5.97. The molecule has 116 valence electrons. The zero-order valence-electron chi connectivity index (χ0n) is 13.1. The second-order valence-electron chi connectivity index (χ2n) is 6.22. The highest BCUT2D eigenvalue weighted by atomic mass is 19.1. The minimum atomic E-state index is -0.498. The van der Waals surface area contributed by atoms with Crippen LogP contribution in [0.15, 0.2) is 18.2 Å². The number of hydrogen-bond donors (Lipinski definition) is 0. The molecule has 1 saturated heterocycles. The highest BCUT2D eigenvalue weighted by Gasteiger charge is 2.31. The van der Waals surface area contributed by atoms with Crippen LogP contribution in [0, 0.1) is 5.82 Å². The molecule has 0 bridgehead atoms. The Bertz CT molecular complexity index is 531. The molecular formula is C16H23FN2O2. The molecule has 0 N–H and O–H groups in total. The number of rotatable bonds is 4. The third-order valence-electron chi connectivity index (χ3n) is 4.24. The van der Waals surface area contributed by atoms with Gasteiger partial charge in [0.05, 0.1) is 13.7 Å². The van der Waals surface area contributed by atoms with Gasteiger partial charge in [0.15, 0.2) is 17.3 Å². The quantitative estimate of drug-likeness (QED) is 0.796. The Morgan fingerprint density at radius 2 is 2.10 bits per heavy atom. The van der Waals surface area contributed by atoms with Crippen molar-refractivity contribution in [3.05, 3.63) is 29.6 Å². The molecule has 0 amide bonds. The first-order chi connectivity index (χ1) is 9.83. The van der Waals surface area contributed by atoms with E-state index in [-0.39, 0.29) is 17.1 Å². The van der Waals surface area contributed by atoms with E-state index in [1.54, 1.807) is 6.07 Å². The number of Topliss-reactive ketones (excluding diaryl/α,β-unsaturated/α-hetero) is 1. The van der Waals surface area contributed by atoms with Crippen LogP contribution in [0.3, 0.4) is 0 Å². The van der Waals surface area contributed by atoms with Crippen LogP contribution in [0.4, 0.5) is 4.39 Å². The topological polar surface area (TPSA) is 32.8 Å². The number of carbonyl (C=O) groups excluding carboxylic acids is 1. The summed E-state index contributed by atoms with van der Waals surface area (Å²) in [5, 5.41) is 0. The van der Waals surface area contributed by atoms with Gasteiger partial charge in [0, 0.05) is 30.7 Å². The van der Waals surface area contributed by atoms with E-state index in [0.717, 1.165) is 19.6 Å². The molecule has 0 atom stereocenters. The number of ketones is 1. The fourth-order valence-electron chi connectivity index (χ4n) is 2.61. The molecule has 0 unspecified atom stereocenters. The van der Waals surface area contributed by atoms with Crippen molar-refractivity contribution in [3.63, 3.8) is 0 Å². The lowest BCUT2D eigenvalue weighted by molar-refractivity contribution is 0.0389. The number of piperazine rings is 1. The molecule has 1 heterocycles. The minimum Gasteiger partial charge on any atom is -0.494 e. The zero-order chi connectivity index (χ0) is 15.6. The summed E-state index contributed by atoms with van der Waals surface area (Å²) in [6.45, 7) is 7.26. The van der Waals surface area contributed by atoms with Gasteiger partial charge in [-0.3, -0.25) is 14.6 Å². The molecule has 1 aromatic rings. The van der Waals surface area contributed by atoms with Crippen molar-refractivity contribution >= 4 is 5.78 Å². The molecule has 0 saturated carbocycles. The zero-order valence-corrected chi connectivity index (χ0v) is 13.1. The molecule has 1 fully saturated rings. The number of methoxy groups -OCH3 is 1. The van der Waals surface area contributed by atoms with Gasteiger partial charge < -0.3 is 4.74 Å². The van der Waals surface area contributed by atoms with E-state index in [0.29, 0.717) is 12.1 Å². The fraction of sp³-hybridized carbons (Fsp3) is 0.562. The molecule has 1 aliphatic heterocycles. The Morgan fingerprint density at radius 3 is 2.67 bits per heavy atom. The molecule has 4 nitrogen and oxygen atoms in total. The maximum absolute atomic E-state index is 13.7. The Morgan fingerprint density at radius 1 is 1.38 bits per heavy atom. The van der Waals surface area contributed by atoms with Gasteiger partial charge >= 0.3 is 0 Å². The average Bonchev–Trinajstić information content (AvgIpc) is 2.42. The van der Waals surface area contributed by atoms with E-state index >= 15 is 0 Å². The first-order valence-electron chi connectivity index (χ1n) is 7.14. The summed E-state index contributed by atoms with van der Waals surface area (Å²) in [7, 11) is 3.50. The Balaban J connectivity index is 2.03. The lowest BCUT2D eigenvalue weighted by Gasteiger charge is -2.45. The van der Waals surface area contributed by atoms with Crippen LogP contribution in [0.1, 0.15) is 24.2 Å². The summed E-state index contributed by atoms with van der Waals surface area (Å²) in [5.74, 6) is -0.397. The van der Waals surface area contributed by atoms with E-state index in [1.807, 2.05) is 0 Å². The molecule has 0 spiro atoms. The number of likely N-dealkylation sites (N-methyl/N-ethyl adjacent to an activating group) is 1. The molecule has 0 radical (unpaired) electrons. The second kappa shape index (κ2) is 6.12. The highest BCUT2D eigenvalue weighted by Crippen LogP contribution is 2.21. The molecular weight excluding hydrogens is 271 g/mol. The van der Waals surface area contributed by atoms with Crippen LogP contribution in [0.2, 0.25) is 0 Å². The monoisotopic (exact) mass is 294 g/mol. The van der Waals surface area contributed by atoms with E-state index < -0.39 is 5.82 Å². The first-order valence-corrected chi connectivity index (χ1v) is 7.14. The third-order valence-corrected chi connectivity index (χ3v) is 4.24. The van der Waals surface area contributed by atoms with Crippen molar-refractivity contribution in [3.8, 4) is 5.75 Å². The number of nitrogens with zero attached hydrogens (tertiary/aromatic N) is 2. The van der Waals surface area contributed by atoms with Crippen molar-refractivity contribution in [2.45, 2.75) is 19.4 Å². The number of hydrogen-bond acceptors (Lipinski definition) is 4. The first kappa shape index (κ1) is 15.9. The molecule has 21 heavy (non-hydrogen) atoms. The Labute approximate surface area is 125 Å². The number of benzene rings is 1. The lowest BCUT2D eigenvalue weighted by atomic mass is 9.99. The van der Waals surface area contributed by atoms with Crippen molar-refractivity contribution < 1.29 is 13.9 Å². The summed E-state index contributed by atoms with van der Waals surface area (Å²) in [6.07, 6.45) is 0. The SMILES string of the molecule is COc1ccc(C(=O)CN2CCN(C)C(C)(C)C2)cc1F. The van der Waals surface area contributed by atoms with Gasteiger partial charge in [0.2, 0.25) is 0 Å². The minimum absolute atomic E-state index is 0.0453. The van der Waals surface area contributed by atoms with E-state index in [1.165, 1.54) is 19.2 Å². The summed E-state index contributed by atoms with van der Waals surface area (Å²) in [6, 6.07) is 4.37. The van der Waals surface area contributed by atoms with Crippen molar-refractivity contribution in [1.82, 2.24) is 9.80 Å². The standard InChI is InChI=1S/C16H23FN2O2/c1-16(2)11-19(8-7-18(16)3)10-14(20)12-5-6-15(21-4)13(17)9-12/h5-6,9H,7-8,10-11H2,1-4H3. The fourth-order valence-corrected chi connectivity index (χ4v) is 2.61. The number of ether oxygens (including phenoxy) is 1. The molecule has 1 aromatic carbocycles. The largest absolute Gasteiger partial charge is 0.494 e. The smallest absolute Gasteiger partial charge is 0.176 e. The summed E-state index contributed by atoms with van der Waals surface area (Å²) >= 11 is 0. The van der Waals surface area contributed by atoms with Gasteiger partial charge in [-0.2, -0.15) is 0 Å². The predicted octanol–water partition coefficient (Wildman–Crippen LogP) is 2.04. The number of carbonyl (C=O) groups is 1. The maximum atomic E-state index is 13.7. The molecule has 1 aliphatic rings. The van der Waals surface area contributed by atoms with E-state index in [9.17, 15) is 9.18 Å². The lowest BCUT2D eigenvalue weighted by Crippen LogP contribution is -2.58. The molecule has 5 heteroatoms. The van der Waals surface area contributed by atoms with Gasteiger partial charge in [0.1, 0.15) is 0 Å². The van der Waals surface area contributed by atoms with Crippen LogP contribution in [-0.4, -0.2) is 61.5 Å². The van der Waals surface area contributed by atoms with E-state index in [2.05, 4.69) is 30.7 Å². The van der Waals surface area contributed by atoms with Gasteiger partial charge in [-0.05, 0) is 39.1 Å². The third kappa shape index (κ3) is 3.60. The average molecular weight is 294 g/mol. The second-order valence-corrected chi connectivity index (χ2v) is 6.22. The van der Waals surface area contributed by atoms with Crippen LogP contribution in [0.5, 0.6) is 5.75 Å². The van der Waals surface area contributed by atoms with Crippen LogP contribution in [0.25, 0.3) is 0 Å². The van der Waals surface area contributed by atoms with Crippen molar-refractivity contribution in [1.29, 1.82) is 0 Å². The van der Waals surface area contributed by atoms with Gasteiger partial charge in [-0.1, -0.05) is 0 Å². The molecule has 2 rings (SSSR count). The van der Waals surface area contributed by atoms with Crippen molar-refractivity contribution in [2.75, 3.05) is 40.3 Å². The normalized spacial score (nSPS) is 19.5. The van der Waals surface area contributed by atoms with Crippen LogP contribution < -0.4 is 4.74 Å². The van der Waals surface area contributed by atoms with Gasteiger partial charge in [0.25, 0.3) is 0 Å². The summed E-state index contributed by atoms with van der Waals surface area (Å²) < 4.78 is 18.5. The van der Waals surface area contributed by atoms with Crippen LogP contribution in [-0.2, 0) is 0 Å². The van der Waals surface area contributed by atoms with Gasteiger partial charge in [-0.25, -0.2) is 4.39 Å². The molecule has 0 aliphatic carbocycles. The predicted molar refractivity (Wildman–Crippen MR) is 80.4 cm³/mol. The summed E-state index contributed by atoms with van der Waals surface area (Å²) in [5.41, 5.74) is 0.439. The summed E-state index contributed by atoms with van der Waals surface area (Å²) in [4.78, 5) is 16.7. The maximum Gasteiger partial charge on any atom is 0.176 e. The molecule has 0 aromatic heterocycles.